The fourth-order valence-electron chi connectivity index (χ4n) is 2.87. The quantitative estimate of drug-likeness (QED) is 0.661. The van der Waals surface area contributed by atoms with Crippen molar-refractivity contribution in [1.29, 1.82) is 0 Å². The number of aromatic nitrogens is 1. The molecule has 0 aliphatic heterocycles. The van der Waals surface area contributed by atoms with Gasteiger partial charge in [-0.05, 0) is 59.5 Å². The van der Waals surface area contributed by atoms with E-state index in [1.165, 1.54) is 0 Å². The number of nitrogens with zero attached hydrogens (tertiary/aromatic N) is 1. The lowest BCUT2D eigenvalue weighted by atomic mass is 9.91. The summed E-state index contributed by atoms with van der Waals surface area (Å²) in [6, 6.07) is 18.9. The van der Waals surface area contributed by atoms with Crippen LogP contribution < -0.4 is 10.1 Å². The van der Waals surface area contributed by atoms with Gasteiger partial charge in [0.25, 0.3) is 0 Å². The van der Waals surface area contributed by atoms with Gasteiger partial charge in [-0.1, -0.05) is 35.9 Å². The van der Waals surface area contributed by atoms with Gasteiger partial charge in [0.15, 0.2) is 0 Å². The molecule has 2 aromatic carbocycles. The van der Waals surface area contributed by atoms with Crippen LogP contribution in [-0.4, -0.2) is 18.0 Å². The monoisotopic (exact) mass is 380 g/mol. The molecule has 0 spiro atoms. The van der Waals surface area contributed by atoms with Gasteiger partial charge in [-0.3, -0.25) is 9.78 Å². The largest absolute Gasteiger partial charge is 0.497 e. The predicted molar refractivity (Wildman–Crippen MR) is 107 cm³/mol. The van der Waals surface area contributed by atoms with E-state index in [2.05, 4.69) is 10.3 Å². The molecule has 0 saturated carbocycles. The normalized spacial score (nSPS) is 11.6. The highest BCUT2D eigenvalue weighted by atomic mass is 35.5. The second-order valence-electron chi connectivity index (χ2n) is 6.23. The van der Waals surface area contributed by atoms with Crippen LogP contribution in [0.3, 0.4) is 0 Å². The topological polar surface area (TPSA) is 51.2 Å². The number of carbonyl (C=O) groups is 1. The molecule has 1 amide bonds. The summed E-state index contributed by atoms with van der Waals surface area (Å²) in [5.74, 6) is 0.467. The van der Waals surface area contributed by atoms with Crippen LogP contribution in [0.2, 0.25) is 5.02 Å². The van der Waals surface area contributed by atoms with E-state index in [9.17, 15) is 4.79 Å². The van der Waals surface area contributed by atoms with Gasteiger partial charge in [0, 0.05) is 24.0 Å². The van der Waals surface area contributed by atoms with Crippen LogP contribution in [0.15, 0.2) is 73.1 Å². The molecule has 1 unspecified atom stereocenters. The Balaban J connectivity index is 1.74. The maximum Gasteiger partial charge on any atom is 0.228 e. The molecule has 4 nitrogen and oxygen atoms in total. The van der Waals surface area contributed by atoms with Crippen LogP contribution in [0, 0.1) is 0 Å². The van der Waals surface area contributed by atoms with Crippen LogP contribution in [0.4, 0.5) is 0 Å². The van der Waals surface area contributed by atoms with Gasteiger partial charge in [0.05, 0.1) is 13.0 Å². The zero-order valence-corrected chi connectivity index (χ0v) is 15.8. The van der Waals surface area contributed by atoms with Crippen LogP contribution >= 0.6 is 11.6 Å². The molecular weight excluding hydrogens is 360 g/mol. The second-order valence-corrected chi connectivity index (χ2v) is 6.67. The third-order valence-electron chi connectivity index (χ3n) is 4.40. The molecular formula is C22H21ClN2O2. The Morgan fingerprint density at radius 2 is 1.67 bits per heavy atom. The number of rotatable bonds is 7. The maximum atomic E-state index is 12.9. The van der Waals surface area contributed by atoms with Crippen molar-refractivity contribution in [3.63, 3.8) is 0 Å². The summed E-state index contributed by atoms with van der Waals surface area (Å²) < 4.78 is 5.16. The van der Waals surface area contributed by atoms with Crippen molar-refractivity contribution in [2.75, 3.05) is 7.11 Å². The minimum Gasteiger partial charge on any atom is -0.497 e. The molecule has 1 heterocycles. The average Bonchev–Trinajstić information content (AvgIpc) is 2.72. The molecule has 0 saturated heterocycles. The van der Waals surface area contributed by atoms with Crippen LogP contribution in [0.1, 0.15) is 22.6 Å². The lowest BCUT2D eigenvalue weighted by molar-refractivity contribution is -0.122. The third-order valence-corrected chi connectivity index (χ3v) is 4.66. The van der Waals surface area contributed by atoms with Gasteiger partial charge >= 0.3 is 0 Å². The molecule has 5 heteroatoms. The SMILES string of the molecule is COc1ccc(CNC(=O)C(Cc2ccncc2)c2ccc(Cl)cc2)cc1. The Hall–Kier alpha value is -2.85. The number of pyridine rings is 1. The zero-order valence-electron chi connectivity index (χ0n) is 15.1. The zero-order chi connectivity index (χ0) is 19.1. The molecule has 0 aliphatic carbocycles. The fraction of sp³-hybridized carbons (Fsp3) is 0.182. The molecule has 0 fully saturated rings. The predicted octanol–water partition coefficient (Wildman–Crippen LogP) is 4.39. The minimum atomic E-state index is -0.303. The van der Waals surface area contributed by atoms with Gasteiger partial charge in [-0.2, -0.15) is 0 Å². The summed E-state index contributed by atoms with van der Waals surface area (Å²) in [6.45, 7) is 0.462. The lowest BCUT2D eigenvalue weighted by Crippen LogP contribution is -2.30. The highest BCUT2D eigenvalue weighted by Crippen LogP contribution is 2.23. The van der Waals surface area contributed by atoms with Gasteiger partial charge in [-0.25, -0.2) is 0 Å². The van der Waals surface area contributed by atoms with Crippen molar-refractivity contribution in [3.8, 4) is 5.75 Å². The fourth-order valence-corrected chi connectivity index (χ4v) is 2.99. The van der Waals surface area contributed by atoms with E-state index < -0.39 is 0 Å². The van der Waals surface area contributed by atoms with E-state index >= 15 is 0 Å². The van der Waals surface area contributed by atoms with Crippen molar-refractivity contribution in [2.45, 2.75) is 18.9 Å². The summed E-state index contributed by atoms with van der Waals surface area (Å²) >= 11 is 6.00. The van der Waals surface area contributed by atoms with E-state index in [1.54, 1.807) is 19.5 Å². The number of ether oxygens (including phenoxy) is 1. The standard InChI is InChI=1S/C22H21ClN2O2/c1-27-20-8-2-17(3-9-20)15-25-22(26)21(14-16-10-12-24-13-11-16)18-4-6-19(23)7-5-18/h2-13,21H,14-15H2,1H3,(H,25,26). The van der Waals surface area contributed by atoms with E-state index in [-0.39, 0.29) is 11.8 Å². The van der Waals surface area contributed by atoms with Gasteiger partial charge in [0.2, 0.25) is 5.91 Å². The number of halogens is 1. The third kappa shape index (κ3) is 5.31. The molecule has 1 aromatic heterocycles. The molecule has 138 valence electrons. The average molecular weight is 381 g/mol. The molecule has 1 N–H and O–H groups in total. The van der Waals surface area contributed by atoms with E-state index in [4.69, 9.17) is 16.3 Å². The number of carbonyl (C=O) groups excluding carboxylic acids is 1. The minimum absolute atomic E-state index is 0.0232. The summed E-state index contributed by atoms with van der Waals surface area (Å²) in [5.41, 5.74) is 3.01. The maximum absolute atomic E-state index is 12.9. The summed E-state index contributed by atoms with van der Waals surface area (Å²) in [5, 5.41) is 3.69. The molecule has 3 rings (SSSR count). The molecule has 3 aromatic rings. The van der Waals surface area contributed by atoms with Crippen molar-refractivity contribution in [3.05, 3.63) is 94.8 Å². The number of nitrogens with one attached hydrogen (secondary N) is 1. The van der Waals surface area contributed by atoms with Crippen molar-refractivity contribution >= 4 is 17.5 Å². The van der Waals surface area contributed by atoms with Crippen LogP contribution in [0.25, 0.3) is 0 Å². The molecule has 1 atom stereocenters. The van der Waals surface area contributed by atoms with E-state index in [0.29, 0.717) is 18.0 Å². The first-order valence-corrected chi connectivity index (χ1v) is 9.08. The number of benzene rings is 2. The lowest BCUT2D eigenvalue weighted by Gasteiger charge is -2.18. The molecule has 0 radical (unpaired) electrons. The Kier molecular flexibility index (Phi) is 6.44. The molecule has 0 bridgehead atoms. The number of amides is 1. The highest BCUT2D eigenvalue weighted by Gasteiger charge is 2.21. The molecule has 0 aliphatic rings. The van der Waals surface area contributed by atoms with Crippen molar-refractivity contribution in [1.82, 2.24) is 10.3 Å². The first-order chi connectivity index (χ1) is 13.2. The second kappa shape index (κ2) is 9.19. The number of methoxy groups -OCH3 is 1. The Morgan fingerprint density at radius 3 is 2.30 bits per heavy atom. The molecule has 27 heavy (non-hydrogen) atoms. The highest BCUT2D eigenvalue weighted by molar-refractivity contribution is 6.30. The first kappa shape index (κ1) is 18.9. The van der Waals surface area contributed by atoms with Crippen LogP contribution in [-0.2, 0) is 17.8 Å². The smallest absolute Gasteiger partial charge is 0.228 e. The Labute approximate surface area is 164 Å². The summed E-state index contributed by atoms with van der Waals surface area (Å²) in [4.78, 5) is 17.0. The van der Waals surface area contributed by atoms with Gasteiger partial charge in [-0.15, -0.1) is 0 Å². The van der Waals surface area contributed by atoms with E-state index in [1.807, 2.05) is 60.7 Å². The Bertz CT molecular complexity index is 865. The van der Waals surface area contributed by atoms with Crippen molar-refractivity contribution in [2.24, 2.45) is 0 Å². The van der Waals surface area contributed by atoms with Crippen molar-refractivity contribution < 1.29 is 9.53 Å². The Morgan fingerprint density at radius 1 is 1.00 bits per heavy atom. The number of hydrogen-bond donors (Lipinski definition) is 1. The summed E-state index contributed by atoms with van der Waals surface area (Å²) in [6.07, 6.45) is 4.08. The number of hydrogen-bond acceptors (Lipinski definition) is 3. The summed E-state index contributed by atoms with van der Waals surface area (Å²) in [7, 11) is 1.63. The van der Waals surface area contributed by atoms with Gasteiger partial charge in [0.1, 0.15) is 5.75 Å². The first-order valence-electron chi connectivity index (χ1n) is 8.70. The van der Waals surface area contributed by atoms with Crippen LogP contribution in [0.5, 0.6) is 5.75 Å². The van der Waals surface area contributed by atoms with E-state index in [0.717, 1.165) is 22.4 Å². The van der Waals surface area contributed by atoms with Gasteiger partial charge < -0.3 is 10.1 Å².